The summed E-state index contributed by atoms with van der Waals surface area (Å²) >= 11 is 6.88. The quantitative estimate of drug-likeness (QED) is 0.483. The molecule has 7 heteroatoms. The van der Waals surface area contributed by atoms with Crippen molar-refractivity contribution in [3.63, 3.8) is 0 Å². The summed E-state index contributed by atoms with van der Waals surface area (Å²) in [6.45, 7) is 8.52. The Labute approximate surface area is 195 Å². The number of hydrogen-bond acceptors (Lipinski definition) is 3. The van der Waals surface area contributed by atoms with Gasteiger partial charge in [-0.3, -0.25) is 9.59 Å². The van der Waals surface area contributed by atoms with Crippen LogP contribution in [0.1, 0.15) is 31.9 Å². The molecule has 0 saturated heterocycles. The highest BCUT2D eigenvalue weighted by atomic mass is 79.9. The van der Waals surface area contributed by atoms with Crippen LogP contribution in [0.3, 0.4) is 0 Å². The second-order valence-electron chi connectivity index (χ2n) is 7.66. The molecule has 0 aliphatic heterocycles. The van der Waals surface area contributed by atoms with E-state index in [-0.39, 0.29) is 18.4 Å². The van der Waals surface area contributed by atoms with Crippen LogP contribution in [0.5, 0.6) is 5.75 Å². The molecule has 0 aromatic heterocycles. The summed E-state index contributed by atoms with van der Waals surface area (Å²) in [5.41, 5.74) is 1.96. The van der Waals surface area contributed by atoms with E-state index >= 15 is 0 Å². The summed E-state index contributed by atoms with van der Waals surface area (Å²) in [6, 6.07) is 12.7. The van der Waals surface area contributed by atoms with Gasteiger partial charge in [-0.25, -0.2) is 0 Å². The predicted molar refractivity (Wildman–Crippen MR) is 126 cm³/mol. The van der Waals surface area contributed by atoms with Crippen molar-refractivity contribution in [3.05, 3.63) is 62.5 Å². The van der Waals surface area contributed by atoms with Gasteiger partial charge in [0, 0.05) is 22.0 Å². The number of hydrogen-bond donors (Lipinski definition) is 1. The summed E-state index contributed by atoms with van der Waals surface area (Å²) in [5, 5.41) is 2.91. The third kappa shape index (κ3) is 7.43. The van der Waals surface area contributed by atoms with Gasteiger partial charge in [0.25, 0.3) is 5.91 Å². The van der Waals surface area contributed by atoms with Gasteiger partial charge in [0.1, 0.15) is 11.8 Å². The second-order valence-corrected chi connectivity index (χ2v) is 9.43. The van der Waals surface area contributed by atoms with Crippen LogP contribution in [-0.4, -0.2) is 35.9 Å². The molecule has 0 aliphatic carbocycles. The molecule has 0 saturated carbocycles. The van der Waals surface area contributed by atoms with Gasteiger partial charge in [0.15, 0.2) is 6.61 Å². The first-order chi connectivity index (χ1) is 14.2. The van der Waals surface area contributed by atoms with Crippen LogP contribution in [0.25, 0.3) is 0 Å². The molecule has 2 aromatic rings. The van der Waals surface area contributed by atoms with Crippen molar-refractivity contribution >= 4 is 43.7 Å². The third-order valence-electron chi connectivity index (χ3n) is 4.61. The van der Waals surface area contributed by atoms with E-state index in [1.165, 1.54) is 0 Å². The van der Waals surface area contributed by atoms with Crippen molar-refractivity contribution in [1.29, 1.82) is 0 Å². The molecule has 0 heterocycles. The zero-order valence-electron chi connectivity index (χ0n) is 17.7. The molecule has 2 amide bonds. The molecular formula is C23H28Br2N2O3. The lowest BCUT2D eigenvalue weighted by molar-refractivity contribution is -0.142. The maximum absolute atomic E-state index is 13.0. The SMILES string of the molecule is Cc1cc(OCC(=O)N(Cc2ccc(Br)cc2)C(C)C(=O)NCC(C)C)ccc1Br. The average molecular weight is 540 g/mol. The Morgan fingerprint density at radius 1 is 1.07 bits per heavy atom. The number of halogens is 2. The maximum atomic E-state index is 13.0. The fourth-order valence-electron chi connectivity index (χ4n) is 2.76. The van der Waals surface area contributed by atoms with E-state index in [4.69, 9.17) is 4.74 Å². The third-order valence-corrected chi connectivity index (χ3v) is 6.03. The van der Waals surface area contributed by atoms with Gasteiger partial charge in [-0.1, -0.05) is 57.8 Å². The molecule has 0 radical (unpaired) electrons. The van der Waals surface area contributed by atoms with Gasteiger partial charge in [-0.2, -0.15) is 0 Å². The normalized spacial score (nSPS) is 11.8. The van der Waals surface area contributed by atoms with Crippen LogP contribution in [0.15, 0.2) is 51.4 Å². The molecular weight excluding hydrogens is 512 g/mol. The fraction of sp³-hybridized carbons (Fsp3) is 0.391. The highest BCUT2D eigenvalue weighted by Gasteiger charge is 2.26. The number of nitrogens with zero attached hydrogens (tertiary/aromatic N) is 1. The number of ether oxygens (including phenoxy) is 1. The van der Waals surface area contributed by atoms with Crippen molar-refractivity contribution < 1.29 is 14.3 Å². The minimum Gasteiger partial charge on any atom is -0.484 e. The van der Waals surface area contributed by atoms with Crippen LogP contribution in [0.4, 0.5) is 0 Å². The van der Waals surface area contributed by atoms with Crippen molar-refractivity contribution in [3.8, 4) is 5.75 Å². The molecule has 5 nitrogen and oxygen atoms in total. The van der Waals surface area contributed by atoms with Crippen LogP contribution in [-0.2, 0) is 16.1 Å². The number of rotatable bonds is 9. The van der Waals surface area contributed by atoms with E-state index in [9.17, 15) is 9.59 Å². The van der Waals surface area contributed by atoms with Crippen LogP contribution < -0.4 is 10.1 Å². The summed E-state index contributed by atoms with van der Waals surface area (Å²) in [5.74, 6) is 0.532. The van der Waals surface area contributed by atoms with Gasteiger partial charge in [0.05, 0.1) is 0 Å². The summed E-state index contributed by atoms with van der Waals surface area (Å²) in [6.07, 6.45) is 0. The van der Waals surface area contributed by atoms with Gasteiger partial charge in [0.2, 0.25) is 5.91 Å². The number of amides is 2. The number of carbonyl (C=O) groups excluding carboxylic acids is 2. The molecule has 1 atom stereocenters. The highest BCUT2D eigenvalue weighted by molar-refractivity contribution is 9.10. The van der Waals surface area contributed by atoms with Crippen LogP contribution >= 0.6 is 31.9 Å². The Balaban J connectivity index is 2.13. The molecule has 2 aromatic carbocycles. The summed E-state index contributed by atoms with van der Waals surface area (Å²) in [4.78, 5) is 27.2. The van der Waals surface area contributed by atoms with E-state index in [0.29, 0.717) is 24.8 Å². The largest absolute Gasteiger partial charge is 0.484 e. The maximum Gasteiger partial charge on any atom is 0.261 e. The molecule has 1 N–H and O–H groups in total. The lowest BCUT2D eigenvalue weighted by Crippen LogP contribution is -2.49. The first kappa shape index (κ1) is 24.4. The van der Waals surface area contributed by atoms with Gasteiger partial charge in [-0.05, 0) is 61.2 Å². The van der Waals surface area contributed by atoms with E-state index in [0.717, 1.165) is 20.1 Å². The monoisotopic (exact) mass is 538 g/mol. The summed E-state index contributed by atoms with van der Waals surface area (Å²) in [7, 11) is 0. The molecule has 162 valence electrons. The Hall–Kier alpha value is -1.86. The van der Waals surface area contributed by atoms with Gasteiger partial charge < -0.3 is 15.0 Å². The zero-order chi connectivity index (χ0) is 22.3. The molecule has 2 rings (SSSR count). The molecule has 30 heavy (non-hydrogen) atoms. The van der Waals surface area contributed by atoms with E-state index < -0.39 is 6.04 Å². The Bertz CT molecular complexity index is 869. The Kier molecular flexibility index (Phi) is 9.37. The lowest BCUT2D eigenvalue weighted by atomic mass is 10.1. The van der Waals surface area contributed by atoms with Crippen LogP contribution in [0.2, 0.25) is 0 Å². The standard InChI is InChI=1S/C23H28Br2N2O3/c1-15(2)12-26-23(29)17(4)27(13-18-5-7-19(24)8-6-18)22(28)14-30-20-9-10-21(25)16(3)11-20/h5-11,15,17H,12-14H2,1-4H3,(H,26,29). The van der Waals surface area contributed by atoms with Crippen molar-refractivity contribution in [2.24, 2.45) is 5.92 Å². The topological polar surface area (TPSA) is 58.6 Å². The summed E-state index contributed by atoms with van der Waals surface area (Å²) < 4.78 is 7.66. The van der Waals surface area contributed by atoms with E-state index in [2.05, 4.69) is 37.2 Å². The van der Waals surface area contributed by atoms with Gasteiger partial charge >= 0.3 is 0 Å². The molecule has 0 fully saturated rings. The van der Waals surface area contributed by atoms with Crippen LogP contribution in [0, 0.1) is 12.8 Å². The molecule has 0 aliphatic rings. The molecule has 0 spiro atoms. The minimum absolute atomic E-state index is 0.139. The number of carbonyl (C=O) groups is 2. The zero-order valence-corrected chi connectivity index (χ0v) is 20.9. The smallest absolute Gasteiger partial charge is 0.261 e. The first-order valence-corrected chi connectivity index (χ1v) is 11.5. The lowest BCUT2D eigenvalue weighted by Gasteiger charge is -2.29. The second kappa shape index (κ2) is 11.5. The van der Waals surface area contributed by atoms with Crippen molar-refractivity contribution in [1.82, 2.24) is 10.2 Å². The van der Waals surface area contributed by atoms with E-state index in [1.54, 1.807) is 11.8 Å². The number of nitrogens with one attached hydrogen (secondary N) is 1. The van der Waals surface area contributed by atoms with Crippen molar-refractivity contribution in [2.45, 2.75) is 40.3 Å². The molecule has 0 bridgehead atoms. The van der Waals surface area contributed by atoms with Crippen molar-refractivity contribution in [2.75, 3.05) is 13.2 Å². The van der Waals surface area contributed by atoms with E-state index in [1.807, 2.05) is 63.2 Å². The minimum atomic E-state index is -0.616. The average Bonchev–Trinajstić information content (AvgIpc) is 2.71. The predicted octanol–water partition coefficient (Wildman–Crippen LogP) is 5.09. The Morgan fingerprint density at radius 2 is 1.73 bits per heavy atom. The van der Waals surface area contributed by atoms with Gasteiger partial charge in [-0.15, -0.1) is 0 Å². The molecule has 1 unspecified atom stereocenters. The first-order valence-electron chi connectivity index (χ1n) is 9.88. The Morgan fingerprint density at radius 3 is 2.33 bits per heavy atom. The fourth-order valence-corrected chi connectivity index (χ4v) is 3.27. The number of benzene rings is 2. The highest BCUT2D eigenvalue weighted by Crippen LogP contribution is 2.22. The number of aryl methyl sites for hydroxylation is 1.